The van der Waals surface area contributed by atoms with Crippen molar-refractivity contribution in [3.8, 4) is 5.75 Å². The fourth-order valence-electron chi connectivity index (χ4n) is 3.54. The minimum absolute atomic E-state index is 0.0486. The number of benzene rings is 1. The van der Waals surface area contributed by atoms with E-state index < -0.39 is 17.7 Å². The lowest BCUT2D eigenvalue weighted by Gasteiger charge is -2.23. The van der Waals surface area contributed by atoms with E-state index in [4.69, 9.17) is 9.15 Å². The van der Waals surface area contributed by atoms with Crippen molar-refractivity contribution in [2.45, 2.75) is 46.1 Å². The maximum Gasteiger partial charge on any atom is 0.295 e. The number of likely N-dealkylation sites (tertiary alicyclic amines) is 1. The molecule has 0 saturated carbocycles. The number of ether oxygens (including phenoxy) is 1. The fourth-order valence-corrected chi connectivity index (χ4v) is 3.54. The van der Waals surface area contributed by atoms with Crippen LogP contribution < -0.4 is 4.74 Å². The summed E-state index contributed by atoms with van der Waals surface area (Å²) in [6.45, 7) is 7.14. The zero-order valence-electron chi connectivity index (χ0n) is 17.8. The molecule has 6 heteroatoms. The van der Waals surface area contributed by atoms with Crippen molar-refractivity contribution in [3.63, 3.8) is 0 Å². The van der Waals surface area contributed by atoms with Crippen LogP contribution in [-0.2, 0) is 9.59 Å². The summed E-state index contributed by atoms with van der Waals surface area (Å²) in [6, 6.07) is 9.62. The van der Waals surface area contributed by atoms with E-state index in [9.17, 15) is 14.7 Å². The van der Waals surface area contributed by atoms with Gasteiger partial charge < -0.3 is 19.2 Å². The molecule has 0 radical (unpaired) electrons. The summed E-state index contributed by atoms with van der Waals surface area (Å²) in [5.41, 5.74) is 0.479. The lowest BCUT2D eigenvalue weighted by atomic mass is 9.99. The molecule has 1 aromatic carbocycles. The van der Waals surface area contributed by atoms with Crippen molar-refractivity contribution < 1.29 is 23.8 Å². The van der Waals surface area contributed by atoms with Crippen molar-refractivity contribution >= 4 is 17.4 Å². The number of rotatable bonds is 9. The Bertz CT molecular complexity index is 913. The van der Waals surface area contributed by atoms with Crippen LogP contribution in [0.5, 0.6) is 5.75 Å². The number of aliphatic hydroxyl groups is 1. The molecule has 30 heavy (non-hydrogen) atoms. The minimum atomic E-state index is -0.739. The molecule has 2 aromatic rings. The summed E-state index contributed by atoms with van der Waals surface area (Å²) in [6.07, 6.45) is 4.22. The van der Waals surface area contributed by atoms with E-state index in [1.165, 1.54) is 11.2 Å². The molecule has 1 N–H and O–H groups in total. The highest BCUT2D eigenvalue weighted by molar-refractivity contribution is 6.46. The number of Topliss-reactive ketones (excluding diaryl/α,β-unsaturated/α-hetero) is 1. The SMILES string of the molecule is CCCCCN1C(=O)C(=O)/C(=C(\O)c2cccc(OCC(C)C)c2)C1c1ccco1. The van der Waals surface area contributed by atoms with Gasteiger partial charge in [0.2, 0.25) is 0 Å². The van der Waals surface area contributed by atoms with Gasteiger partial charge in [-0.25, -0.2) is 0 Å². The maximum absolute atomic E-state index is 12.9. The second kappa shape index (κ2) is 9.65. The highest BCUT2D eigenvalue weighted by Crippen LogP contribution is 2.40. The molecule has 0 aliphatic carbocycles. The van der Waals surface area contributed by atoms with E-state index in [2.05, 4.69) is 6.92 Å². The lowest BCUT2D eigenvalue weighted by Crippen LogP contribution is -2.30. The van der Waals surface area contributed by atoms with Gasteiger partial charge in [0.25, 0.3) is 11.7 Å². The normalized spacial score (nSPS) is 18.4. The molecule has 1 atom stereocenters. The van der Waals surface area contributed by atoms with Gasteiger partial charge in [0.05, 0.1) is 18.4 Å². The Labute approximate surface area is 177 Å². The first-order chi connectivity index (χ1) is 14.4. The molecular weight excluding hydrogens is 382 g/mol. The Kier molecular flexibility index (Phi) is 6.98. The predicted molar refractivity (Wildman–Crippen MR) is 114 cm³/mol. The number of aliphatic hydroxyl groups excluding tert-OH is 1. The summed E-state index contributed by atoms with van der Waals surface area (Å²) in [5.74, 6) is -0.114. The third-order valence-corrected chi connectivity index (χ3v) is 5.05. The number of carbonyl (C=O) groups is 2. The third kappa shape index (κ3) is 4.58. The average Bonchev–Trinajstić information content (AvgIpc) is 3.34. The Morgan fingerprint density at radius 3 is 2.67 bits per heavy atom. The number of furan rings is 1. The molecular formula is C24H29NO5. The largest absolute Gasteiger partial charge is 0.507 e. The lowest BCUT2D eigenvalue weighted by molar-refractivity contribution is -0.140. The average molecular weight is 411 g/mol. The van der Waals surface area contributed by atoms with E-state index in [-0.39, 0.29) is 11.3 Å². The number of ketones is 1. The van der Waals surface area contributed by atoms with Crippen molar-refractivity contribution in [2.24, 2.45) is 5.92 Å². The predicted octanol–water partition coefficient (Wildman–Crippen LogP) is 4.93. The smallest absolute Gasteiger partial charge is 0.295 e. The molecule has 0 bridgehead atoms. The fraction of sp³-hybridized carbons (Fsp3) is 0.417. The minimum Gasteiger partial charge on any atom is -0.507 e. The van der Waals surface area contributed by atoms with Gasteiger partial charge in [0.1, 0.15) is 23.3 Å². The highest BCUT2D eigenvalue weighted by atomic mass is 16.5. The van der Waals surface area contributed by atoms with Gasteiger partial charge >= 0.3 is 0 Å². The number of amides is 1. The molecule has 1 amide bonds. The van der Waals surface area contributed by atoms with Crippen LogP contribution in [0.3, 0.4) is 0 Å². The van der Waals surface area contributed by atoms with Gasteiger partial charge in [-0.05, 0) is 36.6 Å². The van der Waals surface area contributed by atoms with E-state index in [0.717, 1.165) is 19.3 Å². The Morgan fingerprint density at radius 1 is 1.20 bits per heavy atom. The number of unbranched alkanes of at least 4 members (excludes halogenated alkanes) is 2. The van der Waals surface area contributed by atoms with Crippen LogP contribution in [0.4, 0.5) is 0 Å². The molecule has 1 aromatic heterocycles. The van der Waals surface area contributed by atoms with Crippen LogP contribution in [-0.4, -0.2) is 34.8 Å². The summed E-state index contributed by atoms with van der Waals surface area (Å²) in [4.78, 5) is 27.1. The zero-order chi connectivity index (χ0) is 21.7. The zero-order valence-corrected chi connectivity index (χ0v) is 17.8. The number of hydrogen-bond donors (Lipinski definition) is 1. The third-order valence-electron chi connectivity index (χ3n) is 5.05. The maximum atomic E-state index is 12.9. The van der Waals surface area contributed by atoms with E-state index in [1.54, 1.807) is 36.4 Å². The van der Waals surface area contributed by atoms with Crippen molar-refractivity contribution in [1.82, 2.24) is 4.90 Å². The summed E-state index contributed by atoms with van der Waals surface area (Å²) in [7, 11) is 0. The van der Waals surface area contributed by atoms with Crippen LogP contribution in [0.1, 0.15) is 57.4 Å². The molecule has 1 aliphatic heterocycles. The molecule has 3 rings (SSSR count). The number of carbonyl (C=O) groups excluding carboxylic acids is 2. The van der Waals surface area contributed by atoms with E-state index in [0.29, 0.717) is 36.1 Å². The van der Waals surface area contributed by atoms with E-state index >= 15 is 0 Å². The Morgan fingerprint density at radius 2 is 2.00 bits per heavy atom. The summed E-state index contributed by atoms with van der Waals surface area (Å²) in [5, 5.41) is 11.1. The number of hydrogen-bond acceptors (Lipinski definition) is 5. The van der Waals surface area contributed by atoms with E-state index in [1.807, 2.05) is 13.8 Å². The molecule has 2 heterocycles. The molecule has 160 valence electrons. The van der Waals surface area contributed by atoms with Gasteiger partial charge in [0, 0.05) is 12.1 Å². The van der Waals surface area contributed by atoms with Crippen LogP contribution in [0.2, 0.25) is 0 Å². The Hall–Kier alpha value is -3.02. The highest BCUT2D eigenvalue weighted by Gasteiger charge is 2.47. The van der Waals surface area contributed by atoms with Crippen molar-refractivity contribution in [1.29, 1.82) is 0 Å². The second-order valence-electron chi connectivity index (χ2n) is 7.95. The van der Waals surface area contributed by atoms with Crippen LogP contribution >= 0.6 is 0 Å². The second-order valence-corrected chi connectivity index (χ2v) is 7.95. The van der Waals surface area contributed by atoms with Crippen LogP contribution in [0.15, 0.2) is 52.7 Å². The van der Waals surface area contributed by atoms with Gasteiger partial charge in [0.15, 0.2) is 0 Å². The van der Waals surface area contributed by atoms with Crippen molar-refractivity contribution in [2.75, 3.05) is 13.2 Å². The Balaban J connectivity index is 2.00. The molecule has 0 spiro atoms. The first kappa shape index (κ1) is 21.7. The quantitative estimate of drug-likeness (QED) is 0.274. The topological polar surface area (TPSA) is 80.0 Å². The van der Waals surface area contributed by atoms with Crippen LogP contribution in [0.25, 0.3) is 5.76 Å². The monoisotopic (exact) mass is 411 g/mol. The number of nitrogens with zero attached hydrogens (tertiary/aromatic N) is 1. The molecule has 6 nitrogen and oxygen atoms in total. The first-order valence-corrected chi connectivity index (χ1v) is 10.5. The molecule has 1 aliphatic rings. The first-order valence-electron chi connectivity index (χ1n) is 10.5. The molecule has 1 unspecified atom stereocenters. The molecule has 1 saturated heterocycles. The van der Waals surface area contributed by atoms with Gasteiger partial charge in [-0.1, -0.05) is 45.7 Å². The van der Waals surface area contributed by atoms with Crippen molar-refractivity contribution in [3.05, 3.63) is 59.6 Å². The van der Waals surface area contributed by atoms with Gasteiger partial charge in [-0.2, -0.15) is 0 Å². The van der Waals surface area contributed by atoms with Crippen LogP contribution in [0, 0.1) is 5.92 Å². The molecule has 1 fully saturated rings. The summed E-state index contributed by atoms with van der Waals surface area (Å²) >= 11 is 0. The van der Waals surface area contributed by atoms with Gasteiger partial charge in [-0.3, -0.25) is 9.59 Å². The standard InChI is InChI=1S/C24H29NO5/c1-4-5-6-12-25-21(19-11-8-13-29-19)20(23(27)24(25)28)22(26)17-9-7-10-18(14-17)30-15-16(2)3/h7-11,13-14,16,21,26H,4-6,12,15H2,1-3H3/b22-20-. The summed E-state index contributed by atoms with van der Waals surface area (Å²) < 4.78 is 11.3. The van der Waals surface area contributed by atoms with Gasteiger partial charge in [-0.15, -0.1) is 0 Å².